The Bertz CT molecular complexity index is 563. The van der Waals surface area contributed by atoms with Crippen LogP contribution < -0.4 is 10.5 Å². The maximum Gasteiger partial charge on any atom is 0.136 e. The van der Waals surface area contributed by atoms with Gasteiger partial charge in [-0.3, -0.25) is 0 Å². The first-order valence-corrected chi connectivity index (χ1v) is 7.30. The minimum absolute atomic E-state index is 0.160. The molecule has 0 bridgehead atoms. The van der Waals surface area contributed by atoms with Gasteiger partial charge in [0.05, 0.1) is 22.4 Å². The van der Waals surface area contributed by atoms with Crippen LogP contribution in [0, 0.1) is 10.5 Å². The molecule has 1 aromatic carbocycles. The lowest BCUT2D eigenvalue weighted by Crippen LogP contribution is -2.14. The van der Waals surface area contributed by atoms with Gasteiger partial charge in [-0.15, -0.1) is 0 Å². The van der Waals surface area contributed by atoms with Crippen LogP contribution in [-0.4, -0.2) is 16.9 Å². The number of ether oxygens (including phenoxy) is 1. The molecule has 0 saturated carbocycles. The Balaban J connectivity index is 2.40. The minimum atomic E-state index is 0.160. The Morgan fingerprint density at radius 1 is 1.37 bits per heavy atom. The number of nitrogens with two attached hydrogens (primary N) is 1. The molecule has 1 atom stereocenters. The molecule has 2 aromatic rings. The molecular formula is C14H18IN3O. The number of aromatic nitrogens is 2. The zero-order chi connectivity index (χ0) is 14.0. The molecule has 1 unspecified atom stereocenters. The average Bonchev–Trinajstić information content (AvgIpc) is 2.68. The van der Waals surface area contributed by atoms with Gasteiger partial charge in [0.25, 0.3) is 0 Å². The van der Waals surface area contributed by atoms with E-state index in [-0.39, 0.29) is 6.04 Å². The first-order valence-electron chi connectivity index (χ1n) is 6.22. The van der Waals surface area contributed by atoms with E-state index < -0.39 is 0 Å². The summed E-state index contributed by atoms with van der Waals surface area (Å²) in [6.07, 6.45) is 0.938. The fraction of sp³-hybridized carbons (Fsp3) is 0.357. The maximum absolute atomic E-state index is 6.14. The Hall–Kier alpha value is -1.24. The second-order valence-corrected chi connectivity index (χ2v) is 5.51. The second-order valence-electron chi connectivity index (χ2n) is 4.43. The predicted octanol–water partition coefficient (Wildman–Crippen LogP) is 3.39. The smallest absolute Gasteiger partial charge is 0.136 e. The molecule has 1 aromatic heterocycles. The maximum atomic E-state index is 6.14. The van der Waals surface area contributed by atoms with E-state index in [2.05, 4.69) is 46.7 Å². The molecule has 1 heterocycles. The van der Waals surface area contributed by atoms with E-state index in [0.717, 1.165) is 27.3 Å². The van der Waals surface area contributed by atoms with Crippen LogP contribution in [0.2, 0.25) is 0 Å². The predicted molar refractivity (Wildman–Crippen MR) is 85.5 cm³/mol. The van der Waals surface area contributed by atoms with Crippen LogP contribution in [0.4, 0.5) is 5.82 Å². The van der Waals surface area contributed by atoms with Crippen LogP contribution in [0.5, 0.6) is 5.75 Å². The van der Waals surface area contributed by atoms with Crippen molar-refractivity contribution in [1.82, 2.24) is 9.78 Å². The molecule has 2 N–H and O–H groups in total. The topological polar surface area (TPSA) is 53.1 Å². The Morgan fingerprint density at radius 3 is 2.42 bits per heavy atom. The molecule has 0 amide bonds. The number of nitrogen functional groups attached to an aromatic ring is 1. The molecule has 0 fully saturated rings. The SMILES string of the molecule is CCC(c1ccc(OC)cc1)n1nc(C)c(I)c1N. The van der Waals surface area contributed by atoms with Gasteiger partial charge >= 0.3 is 0 Å². The first-order chi connectivity index (χ1) is 9.08. The fourth-order valence-electron chi connectivity index (χ4n) is 2.16. The Morgan fingerprint density at radius 2 is 2.00 bits per heavy atom. The van der Waals surface area contributed by atoms with Gasteiger partial charge in [-0.25, -0.2) is 4.68 Å². The summed E-state index contributed by atoms with van der Waals surface area (Å²) in [5.41, 5.74) is 8.31. The Labute approximate surface area is 127 Å². The van der Waals surface area contributed by atoms with E-state index in [4.69, 9.17) is 10.5 Å². The highest BCUT2D eigenvalue weighted by molar-refractivity contribution is 14.1. The number of hydrogen-bond acceptors (Lipinski definition) is 3. The summed E-state index contributed by atoms with van der Waals surface area (Å²) in [6.45, 7) is 4.12. The van der Waals surface area contributed by atoms with Gasteiger partial charge < -0.3 is 10.5 Å². The summed E-state index contributed by atoms with van der Waals surface area (Å²) in [5.74, 6) is 1.60. The van der Waals surface area contributed by atoms with Gasteiger partial charge in [-0.2, -0.15) is 5.10 Å². The molecule has 0 aliphatic rings. The van der Waals surface area contributed by atoms with Crippen LogP contribution in [0.15, 0.2) is 24.3 Å². The molecular weight excluding hydrogens is 353 g/mol. The summed E-state index contributed by atoms with van der Waals surface area (Å²) in [6, 6.07) is 8.23. The molecule has 102 valence electrons. The highest BCUT2D eigenvalue weighted by Gasteiger charge is 2.18. The summed E-state index contributed by atoms with van der Waals surface area (Å²) in [4.78, 5) is 0. The van der Waals surface area contributed by atoms with Crippen LogP contribution in [0.25, 0.3) is 0 Å². The van der Waals surface area contributed by atoms with Gasteiger partial charge in [0.2, 0.25) is 0 Å². The summed E-state index contributed by atoms with van der Waals surface area (Å²) in [7, 11) is 1.67. The van der Waals surface area contributed by atoms with Crippen LogP contribution in [-0.2, 0) is 0 Å². The zero-order valence-electron chi connectivity index (χ0n) is 11.4. The molecule has 19 heavy (non-hydrogen) atoms. The van der Waals surface area contributed by atoms with Crippen molar-refractivity contribution < 1.29 is 4.74 Å². The minimum Gasteiger partial charge on any atom is -0.497 e. The van der Waals surface area contributed by atoms with Crippen molar-refractivity contribution in [3.8, 4) is 5.75 Å². The van der Waals surface area contributed by atoms with Gasteiger partial charge in [-0.1, -0.05) is 19.1 Å². The standard InChI is InChI=1S/C14H18IN3O/c1-4-12(10-5-7-11(19-3)8-6-10)18-14(16)13(15)9(2)17-18/h5-8,12H,4,16H2,1-3H3. The van der Waals surface area contributed by atoms with Crippen molar-refractivity contribution in [3.63, 3.8) is 0 Å². The fourth-order valence-corrected chi connectivity index (χ4v) is 2.51. The van der Waals surface area contributed by atoms with Crippen LogP contribution >= 0.6 is 22.6 Å². The second kappa shape index (κ2) is 5.81. The molecule has 5 heteroatoms. The van der Waals surface area contributed by atoms with Gasteiger partial charge in [-0.05, 0) is 53.6 Å². The molecule has 0 saturated heterocycles. The van der Waals surface area contributed by atoms with Gasteiger partial charge in [0.1, 0.15) is 11.6 Å². The van der Waals surface area contributed by atoms with Crippen molar-refractivity contribution in [2.75, 3.05) is 12.8 Å². The summed E-state index contributed by atoms with van der Waals surface area (Å²) >= 11 is 2.24. The normalized spacial score (nSPS) is 12.4. The molecule has 0 radical (unpaired) electrons. The van der Waals surface area contributed by atoms with E-state index in [1.807, 2.05) is 23.7 Å². The molecule has 4 nitrogen and oxygen atoms in total. The largest absolute Gasteiger partial charge is 0.497 e. The molecule has 0 aliphatic carbocycles. The van der Waals surface area contributed by atoms with Gasteiger partial charge in [0.15, 0.2) is 0 Å². The number of hydrogen-bond donors (Lipinski definition) is 1. The van der Waals surface area contributed by atoms with E-state index in [9.17, 15) is 0 Å². The summed E-state index contributed by atoms with van der Waals surface area (Å²) in [5, 5.41) is 4.55. The number of methoxy groups -OCH3 is 1. The number of aryl methyl sites for hydroxylation is 1. The third kappa shape index (κ3) is 2.70. The third-order valence-electron chi connectivity index (χ3n) is 3.23. The Kier molecular flexibility index (Phi) is 4.34. The van der Waals surface area contributed by atoms with E-state index >= 15 is 0 Å². The summed E-state index contributed by atoms with van der Waals surface area (Å²) < 4.78 is 8.13. The monoisotopic (exact) mass is 371 g/mol. The van der Waals surface area contributed by atoms with Crippen molar-refractivity contribution in [1.29, 1.82) is 0 Å². The first kappa shape index (κ1) is 14.2. The lowest BCUT2D eigenvalue weighted by molar-refractivity contribution is 0.414. The average molecular weight is 371 g/mol. The van der Waals surface area contributed by atoms with Crippen LogP contribution in [0.3, 0.4) is 0 Å². The number of rotatable bonds is 4. The van der Waals surface area contributed by atoms with Crippen molar-refractivity contribution in [2.24, 2.45) is 0 Å². The highest BCUT2D eigenvalue weighted by atomic mass is 127. The van der Waals surface area contributed by atoms with Crippen molar-refractivity contribution in [2.45, 2.75) is 26.3 Å². The quantitative estimate of drug-likeness (QED) is 0.839. The number of anilines is 1. The van der Waals surface area contributed by atoms with E-state index in [0.29, 0.717) is 0 Å². The van der Waals surface area contributed by atoms with Gasteiger partial charge in [0, 0.05) is 0 Å². The molecule has 2 rings (SSSR count). The molecule has 0 aliphatic heterocycles. The lowest BCUT2D eigenvalue weighted by Gasteiger charge is -2.18. The van der Waals surface area contributed by atoms with Crippen LogP contribution in [0.1, 0.15) is 30.6 Å². The van der Waals surface area contributed by atoms with E-state index in [1.54, 1.807) is 7.11 Å². The zero-order valence-corrected chi connectivity index (χ0v) is 13.5. The van der Waals surface area contributed by atoms with Crippen molar-refractivity contribution in [3.05, 3.63) is 39.1 Å². The number of benzene rings is 1. The third-order valence-corrected chi connectivity index (χ3v) is 4.56. The number of nitrogens with zero attached hydrogens (tertiary/aromatic N) is 2. The van der Waals surface area contributed by atoms with E-state index in [1.165, 1.54) is 5.56 Å². The highest BCUT2D eigenvalue weighted by Crippen LogP contribution is 2.29. The molecule has 0 spiro atoms. The van der Waals surface area contributed by atoms with Crippen molar-refractivity contribution >= 4 is 28.4 Å². The lowest BCUT2D eigenvalue weighted by atomic mass is 10.0. The number of halogens is 1.